The third-order valence-corrected chi connectivity index (χ3v) is 6.82. The van der Waals surface area contributed by atoms with Gasteiger partial charge in [-0.1, -0.05) is 32.4 Å². The van der Waals surface area contributed by atoms with E-state index in [2.05, 4.69) is 4.72 Å². The number of likely N-dealkylation sites (tertiary alicyclic amines) is 1. The number of carbonyl (C=O) groups excluding carboxylic acids is 2. The zero-order chi connectivity index (χ0) is 24.3. The Hall–Kier alpha value is -2.53. The number of nitro benzene ring substituents is 1. The normalized spacial score (nSPS) is 18.8. The smallest absolute Gasteiger partial charge is 0.329 e. The summed E-state index contributed by atoms with van der Waals surface area (Å²) in [5, 5.41) is 11.3. The van der Waals surface area contributed by atoms with E-state index in [0.29, 0.717) is 25.8 Å². The number of hydrogen-bond donors (Lipinski definition) is 1. The molecule has 2 rings (SSSR count). The van der Waals surface area contributed by atoms with Crippen LogP contribution in [0.2, 0.25) is 0 Å². The molecule has 1 saturated heterocycles. The van der Waals surface area contributed by atoms with Crippen molar-refractivity contribution in [3.05, 3.63) is 34.4 Å². The lowest BCUT2D eigenvalue weighted by Crippen LogP contribution is -2.54. The molecule has 1 fully saturated rings. The second-order valence-corrected chi connectivity index (χ2v) is 10.6. The Balaban J connectivity index is 2.35. The first-order valence-electron chi connectivity index (χ1n) is 10.6. The summed E-state index contributed by atoms with van der Waals surface area (Å²) in [5.41, 5.74) is -1.30. The minimum atomic E-state index is -4.39. The van der Waals surface area contributed by atoms with Crippen LogP contribution in [0.5, 0.6) is 0 Å². The summed E-state index contributed by atoms with van der Waals surface area (Å²) in [7, 11) is -4.39. The van der Waals surface area contributed by atoms with E-state index in [-0.39, 0.29) is 0 Å². The summed E-state index contributed by atoms with van der Waals surface area (Å²) in [6.45, 7) is 9.00. The van der Waals surface area contributed by atoms with Crippen LogP contribution in [0.4, 0.5) is 5.69 Å². The van der Waals surface area contributed by atoms with Gasteiger partial charge in [0.25, 0.3) is 5.69 Å². The predicted octanol–water partition coefficient (Wildman–Crippen LogP) is 2.62. The molecule has 1 aliphatic heterocycles. The quantitative estimate of drug-likeness (QED) is 0.351. The molecule has 1 N–H and O–H groups in total. The predicted molar refractivity (Wildman–Crippen MR) is 117 cm³/mol. The number of para-hydroxylation sites is 1. The standard InChI is InChI=1S/C21H31N3O7S/c1-6-14(2)18(22-32(29,30)17-12-8-7-10-15(17)24(27)28)19(25)23-13-9-11-16(23)20(26)31-21(3,4)5/h7-8,10,12,14,16,18,22H,6,9,11,13H2,1-5H3/t14-,16+,18-/m0/s1. The monoisotopic (exact) mass is 469 g/mol. The van der Waals surface area contributed by atoms with Gasteiger partial charge in [0.15, 0.2) is 4.90 Å². The van der Waals surface area contributed by atoms with Gasteiger partial charge >= 0.3 is 5.97 Å². The van der Waals surface area contributed by atoms with Crippen molar-refractivity contribution in [1.82, 2.24) is 9.62 Å². The van der Waals surface area contributed by atoms with Gasteiger partial charge in [0, 0.05) is 12.6 Å². The molecule has 3 atom stereocenters. The molecule has 0 spiro atoms. The lowest BCUT2D eigenvalue weighted by atomic mass is 9.98. The van der Waals surface area contributed by atoms with Crippen LogP contribution in [0.15, 0.2) is 29.2 Å². The van der Waals surface area contributed by atoms with Gasteiger partial charge in [-0.15, -0.1) is 0 Å². The molecule has 178 valence electrons. The molecule has 32 heavy (non-hydrogen) atoms. The van der Waals surface area contributed by atoms with Gasteiger partial charge in [0.2, 0.25) is 15.9 Å². The van der Waals surface area contributed by atoms with E-state index < -0.39 is 61.0 Å². The molecular weight excluding hydrogens is 438 g/mol. The van der Waals surface area contributed by atoms with Crippen LogP contribution in [-0.4, -0.2) is 54.3 Å². The minimum Gasteiger partial charge on any atom is -0.458 e. The van der Waals surface area contributed by atoms with Crippen molar-refractivity contribution < 1.29 is 27.7 Å². The Bertz CT molecular complexity index is 972. The van der Waals surface area contributed by atoms with Crippen LogP contribution in [0.25, 0.3) is 0 Å². The number of carbonyl (C=O) groups is 2. The van der Waals surface area contributed by atoms with Crippen LogP contribution in [0.1, 0.15) is 53.9 Å². The Labute approximate surface area is 188 Å². The highest BCUT2D eigenvalue weighted by molar-refractivity contribution is 7.89. The molecule has 0 aliphatic carbocycles. The average molecular weight is 470 g/mol. The Morgan fingerprint density at radius 2 is 1.94 bits per heavy atom. The maximum Gasteiger partial charge on any atom is 0.329 e. The van der Waals surface area contributed by atoms with Crippen molar-refractivity contribution in [1.29, 1.82) is 0 Å². The van der Waals surface area contributed by atoms with E-state index in [0.717, 1.165) is 12.1 Å². The lowest BCUT2D eigenvalue weighted by molar-refractivity contribution is -0.387. The van der Waals surface area contributed by atoms with E-state index >= 15 is 0 Å². The first-order valence-corrected chi connectivity index (χ1v) is 12.1. The topological polar surface area (TPSA) is 136 Å². The highest BCUT2D eigenvalue weighted by atomic mass is 32.2. The number of rotatable bonds is 8. The minimum absolute atomic E-state index is 0.295. The highest BCUT2D eigenvalue weighted by Gasteiger charge is 2.42. The fraction of sp³-hybridized carbons (Fsp3) is 0.619. The average Bonchev–Trinajstić information content (AvgIpc) is 3.20. The zero-order valence-electron chi connectivity index (χ0n) is 19.0. The molecule has 0 aromatic heterocycles. The molecule has 1 aliphatic rings. The van der Waals surface area contributed by atoms with Crippen LogP contribution >= 0.6 is 0 Å². The molecule has 11 heteroatoms. The van der Waals surface area contributed by atoms with Crippen molar-refractivity contribution in [3.63, 3.8) is 0 Å². The third kappa shape index (κ3) is 6.04. The molecule has 0 saturated carbocycles. The summed E-state index contributed by atoms with van der Waals surface area (Å²) in [6, 6.07) is 2.97. The van der Waals surface area contributed by atoms with Gasteiger partial charge in [-0.05, 0) is 45.6 Å². The summed E-state index contributed by atoms with van der Waals surface area (Å²) < 4.78 is 33.9. The molecule has 0 bridgehead atoms. The first kappa shape index (κ1) is 25.7. The van der Waals surface area contributed by atoms with Crippen molar-refractivity contribution in [2.75, 3.05) is 6.54 Å². The highest BCUT2D eigenvalue weighted by Crippen LogP contribution is 2.27. The number of nitro groups is 1. The Kier molecular flexibility index (Phi) is 8.00. The van der Waals surface area contributed by atoms with Gasteiger partial charge < -0.3 is 9.64 Å². The second kappa shape index (κ2) is 9.95. The van der Waals surface area contributed by atoms with E-state index in [1.165, 1.54) is 17.0 Å². The molecule has 10 nitrogen and oxygen atoms in total. The molecule has 1 aromatic rings. The zero-order valence-corrected chi connectivity index (χ0v) is 19.8. The molecule has 1 heterocycles. The Morgan fingerprint density at radius 1 is 1.31 bits per heavy atom. The maximum atomic E-state index is 13.4. The number of hydrogen-bond acceptors (Lipinski definition) is 7. The summed E-state index contributed by atoms with van der Waals surface area (Å²) in [5.74, 6) is -1.50. The van der Waals surface area contributed by atoms with Crippen LogP contribution in [0.3, 0.4) is 0 Å². The van der Waals surface area contributed by atoms with Gasteiger partial charge in [-0.25, -0.2) is 13.2 Å². The third-order valence-electron chi connectivity index (χ3n) is 5.33. The molecular formula is C21H31N3O7S. The van der Waals surface area contributed by atoms with Gasteiger partial charge in [-0.3, -0.25) is 14.9 Å². The van der Waals surface area contributed by atoms with E-state index in [9.17, 15) is 28.1 Å². The molecule has 1 amide bonds. The van der Waals surface area contributed by atoms with Crippen LogP contribution < -0.4 is 4.72 Å². The second-order valence-electron chi connectivity index (χ2n) is 8.93. The number of amides is 1. The van der Waals surface area contributed by atoms with Gasteiger partial charge in [0.1, 0.15) is 17.7 Å². The molecule has 1 aromatic carbocycles. The van der Waals surface area contributed by atoms with Crippen molar-refractivity contribution in [2.24, 2.45) is 5.92 Å². The molecule has 0 radical (unpaired) electrons. The van der Waals surface area contributed by atoms with Crippen LogP contribution in [-0.2, 0) is 24.3 Å². The summed E-state index contributed by atoms with van der Waals surface area (Å²) >= 11 is 0. The van der Waals surface area contributed by atoms with Crippen molar-refractivity contribution in [2.45, 2.75) is 76.5 Å². The summed E-state index contributed by atoms with van der Waals surface area (Å²) in [4.78, 5) is 37.4. The molecule has 0 unspecified atom stereocenters. The maximum absolute atomic E-state index is 13.4. The lowest BCUT2D eigenvalue weighted by Gasteiger charge is -2.32. The number of esters is 1. The largest absolute Gasteiger partial charge is 0.458 e. The first-order chi connectivity index (χ1) is 14.8. The fourth-order valence-electron chi connectivity index (χ4n) is 3.54. The number of sulfonamides is 1. The summed E-state index contributed by atoms with van der Waals surface area (Å²) in [6.07, 6.45) is 1.48. The van der Waals surface area contributed by atoms with Crippen molar-refractivity contribution in [3.8, 4) is 0 Å². The number of benzene rings is 1. The number of nitrogens with one attached hydrogen (secondary N) is 1. The van der Waals surface area contributed by atoms with E-state index in [4.69, 9.17) is 4.74 Å². The van der Waals surface area contributed by atoms with Gasteiger partial charge in [-0.2, -0.15) is 4.72 Å². The number of nitrogens with zero attached hydrogens (tertiary/aromatic N) is 2. The van der Waals surface area contributed by atoms with E-state index in [1.54, 1.807) is 34.6 Å². The number of ether oxygens (including phenoxy) is 1. The van der Waals surface area contributed by atoms with Crippen LogP contribution in [0, 0.1) is 16.0 Å². The van der Waals surface area contributed by atoms with Gasteiger partial charge in [0.05, 0.1) is 4.92 Å². The Morgan fingerprint density at radius 3 is 2.50 bits per heavy atom. The van der Waals surface area contributed by atoms with E-state index in [1.807, 2.05) is 0 Å². The fourth-order valence-corrected chi connectivity index (χ4v) is 5.01. The van der Waals surface area contributed by atoms with Crippen molar-refractivity contribution >= 4 is 27.6 Å². The SMILES string of the molecule is CC[C@H](C)[C@H](NS(=O)(=O)c1ccccc1[N+](=O)[O-])C(=O)N1CCC[C@@H]1C(=O)OC(C)(C)C.